The van der Waals surface area contributed by atoms with Crippen molar-refractivity contribution in [2.24, 2.45) is 5.92 Å². The van der Waals surface area contributed by atoms with Crippen LogP contribution in [-0.2, 0) is 4.79 Å². The van der Waals surface area contributed by atoms with Crippen LogP contribution < -0.4 is 0 Å². The van der Waals surface area contributed by atoms with E-state index in [0.717, 1.165) is 13.1 Å². The Morgan fingerprint density at radius 1 is 1.10 bits per heavy atom. The maximum atomic E-state index is 12.9. The molecule has 0 bridgehead atoms. The van der Waals surface area contributed by atoms with E-state index in [1.165, 1.54) is 37.7 Å². The Hall–Kier alpha value is -1.31. The minimum absolute atomic E-state index is 0.0661. The highest BCUT2D eigenvalue weighted by Gasteiger charge is 2.32. The lowest BCUT2D eigenvalue weighted by Gasteiger charge is -2.33. The molecule has 1 aliphatic rings. The third-order valence-electron chi connectivity index (χ3n) is 4.62. The molecule has 1 fully saturated rings. The fourth-order valence-corrected chi connectivity index (χ4v) is 3.48. The number of benzene rings is 1. The second-order valence-electron chi connectivity index (χ2n) is 5.80. The molecule has 1 amide bonds. The summed E-state index contributed by atoms with van der Waals surface area (Å²) in [5.74, 6) is 0.920. The van der Waals surface area contributed by atoms with E-state index < -0.39 is 0 Å². The van der Waals surface area contributed by atoms with Crippen molar-refractivity contribution in [1.82, 2.24) is 4.90 Å². The summed E-state index contributed by atoms with van der Waals surface area (Å²) in [5, 5.41) is 0. The van der Waals surface area contributed by atoms with Crippen LogP contribution in [0, 0.1) is 5.92 Å². The van der Waals surface area contributed by atoms with Crippen molar-refractivity contribution in [3.8, 4) is 0 Å². The van der Waals surface area contributed by atoms with E-state index in [2.05, 4.69) is 38.1 Å². The van der Waals surface area contributed by atoms with Gasteiger partial charge in [-0.15, -0.1) is 0 Å². The lowest BCUT2D eigenvalue weighted by Crippen LogP contribution is -2.38. The molecule has 0 radical (unpaired) electrons. The van der Waals surface area contributed by atoms with Crippen LogP contribution in [0.5, 0.6) is 0 Å². The maximum absolute atomic E-state index is 12.9. The van der Waals surface area contributed by atoms with Gasteiger partial charge in [-0.25, -0.2) is 0 Å². The van der Waals surface area contributed by atoms with Gasteiger partial charge in [0.05, 0.1) is 5.92 Å². The fraction of sp³-hybridized carbons (Fsp3) is 0.611. The number of likely N-dealkylation sites (N-methyl/N-ethyl adjacent to an activating group) is 1. The molecule has 2 nitrogen and oxygen atoms in total. The molecule has 0 saturated heterocycles. The zero-order chi connectivity index (χ0) is 14.4. The van der Waals surface area contributed by atoms with Crippen molar-refractivity contribution in [3.63, 3.8) is 0 Å². The van der Waals surface area contributed by atoms with Crippen LogP contribution in [0.3, 0.4) is 0 Å². The summed E-state index contributed by atoms with van der Waals surface area (Å²) < 4.78 is 0. The molecule has 1 unspecified atom stereocenters. The van der Waals surface area contributed by atoms with Crippen LogP contribution in [0.25, 0.3) is 0 Å². The number of hydrogen-bond donors (Lipinski definition) is 0. The number of carbonyl (C=O) groups excluding carboxylic acids is 1. The van der Waals surface area contributed by atoms with Crippen molar-refractivity contribution in [2.75, 3.05) is 13.1 Å². The van der Waals surface area contributed by atoms with Crippen LogP contribution in [-0.4, -0.2) is 23.9 Å². The first-order valence-corrected chi connectivity index (χ1v) is 8.11. The van der Waals surface area contributed by atoms with E-state index in [0.29, 0.717) is 11.8 Å². The number of rotatable bonds is 5. The molecule has 1 aromatic rings. The lowest BCUT2D eigenvalue weighted by atomic mass is 9.76. The highest BCUT2D eigenvalue weighted by Crippen LogP contribution is 2.37. The van der Waals surface area contributed by atoms with Crippen molar-refractivity contribution in [2.45, 2.75) is 51.9 Å². The topological polar surface area (TPSA) is 20.3 Å². The molecule has 2 rings (SSSR count). The molecule has 20 heavy (non-hydrogen) atoms. The van der Waals surface area contributed by atoms with E-state index in [1.807, 2.05) is 11.0 Å². The van der Waals surface area contributed by atoms with Crippen molar-refractivity contribution in [3.05, 3.63) is 35.9 Å². The Morgan fingerprint density at radius 3 is 2.25 bits per heavy atom. The van der Waals surface area contributed by atoms with Gasteiger partial charge in [0.1, 0.15) is 0 Å². The molecule has 110 valence electrons. The molecule has 2 heteroatoms. The summed E-state index contributed by atoms with van der Waals surface area (Å²) in [7, 11) is 0. The smallest absolute Gasteiger partial charge is 0.230 e. The summed E-state index contributed by atoms with van der Waals surface area (Å²) in [6, 6.07) is 10.4. The molecule has 0 aliphatic heterocycles. The monoisotopic (exact) mass is 273 g/mol. The van der Waals surface area contributed by atoms with Gasteiger partial charge in [0.15, 0.2) is 0 Å². The number of carbonyl (C=O) groups is 1. The molecule has 0 spiro atoms. The first-order valence-electron chi connectivity index (χ1n) is 8.11. The van der Waals surface area contributed by atoms with Gasteiger partial charge in [-0.2, -0.15) is 0 Å². The Labute approximate surface area is 123 Å². The van der Waals surface area contributed by atoms with E-state index >= 15 is 0 Å². The first-order chi connectivity index (χ1) is 9.77. The van der Waals surface area contributed by atoms with Gasteiger partial charge in [-0.05, 0) is 38.2 Å². The summed E-state index contributed by atoms with van der Waals surface area (Å²) in [4.78, 5) is 14.9. The third-order valence-corrected chi connectivity index (χ3v) is 4.62. The van der Waals surface area contributed by atoms with Gasteiger partial charge >= 0.3 is 0 Å². The van der Waals surface area contributed by atoms with Crippen LogP contribution in [0.1, 0.15) is 57.4 Å². The summed E-state index contributed by atoms with van der Waals surface area (Å²) in [5.41, 5.74) is 1.20. The minimum atomic E-state index is 0.0661. The van der Waals surface area contributed by atoms with E-state index in [9.17, 15) is 4.79 Å². The Bertz CT molecular complexity index is 405. The van der Waals surface area contributed by atoms with Gasteiger partial charge in [0.25, 0.3) is 0 Å². The van der Waals surface area contributed by atoms with Crippen molar-refractivity contribution in [1.29, 1.82) is 0 Å². The Morgan fingerprint density at radius 2 is 1.70 bits per heavy atom. The van der Waals surface area contributed by atoms with Crippen molar-refractivity contribution < 1.29 is 4.79 Å². The molecule has 1 aliphatic carbocycles. The SMILES string of the molecule is CCN(CC)C(=O)C(c1ccccc1)C1CCCCC1. The van der Waals surface area contributed by atoms with Crippen LogP contribution in [0.2, 0.25) is 0 Å². The van der Waals surface area contributed by atoms with Crippen LogP contribution in [0.4, 0.5) is 0 Å². The summed E-state index contributed by atoms with van der Waals surface area (Å²) >= 11 is 0. The molecule has 1 aromatic carbocycles. The van der Waals surface area contributed by atoms with E-state index in [4.69, 9.17) is 0 Å². The lowest BCUT2D eigenvalue weighted by molar-refractivity contribution is -0.134. The fourth-order valence-electron chi connectivity index (χ4n) is 3.48. The Kier molecular flexibility index (Phi) is 5.63. The van der Waals surface area contributed by atoms with Gasteiger partial charge in [-0.1, -0.05) is 49.6 Å². The van der Waals surface area contributed by atoms with Gasteiger partial charge in [-0.3, -0.25) is 4.79 Å². The molecule has 0 heterocycles. The van der Waals surface area contributed by atoms with Gasteiger partial charge in [0.2, 0.25) is 5.91 Å². The average molecular weight is 273 g/mol. The molecule has 1 atom stereocenters. The van der Waals surface area contributed by atoms with E-state index in [1.54, 1.807) is 0 Å². The highest BCUT2D eigenvalue weighted by atomic mass is 16.2. The van der Waals surface area contributed by atoms with E-state index in [-0.39, 0.29) is 5.92 Å². The standard InChI is InChI=1S/C18H27NO/c1-3-19(4-2)18(20)17(15-11-7-5-8-12-15)16-13-9-6-10-14-16/h5,7-8,11-12,16-17H,3-4,6,9-10,13-14H2,1-2H3. The number of hydrogen-bond acceptors (Lipinski definition) is 1. The number of nitrogens with zero attached hydrogens (tertiary/aromatic N) is 1. The third kappa shape index (κ3) is 3.41. The maximum Gasteiger partial charge on any atom is 0.230 e. The van der Waals surface area contributed by atoms with Crippen LogP contribution in [0.15, 0.2) is 30.3 Å². The molecular formula is C18H27NO. The molecule has 1 saturated carbocycles. The predicted molar refractivity (Wildman–Crippen MR) is 83.7 cm³/mol. The van der Waals surface area contributed by atoms with Gasteiger partial charge in [0, 0.05) is 13.1 Å². The summed E-state index contributed by atoms with van der Waals surface area (Å²) in [6.07, 6.45) is 6.29. The molecule has 0 aromatic heterocycles. The van der Waals surface area contributed by atoms with Gasteiger partial charge < -0.3 is 4.90 Å². The predicted octanol–water partition coefficient (Wildman–Crippen LogP) is 4.22. The summed E-state index contributed by atoms with van der Waals surface area (Å²) in [6.45, 7) is 5.77. The molecular weight excluding hydrogens is 246 g/mol. The quantitative estimate of drug-likeness (QED) is 0.786. The Balaban J connectivity index is 2.26. The zero-order valence-corrected chi connectivity index (χ0v) is 12.8. The first kappa shape index (κ1) is 15.1. The normalized spacial score (nSPS) is 17.7. The zero-order valence-electron chi connectivity index (χ0n) is 12.8. The van der Waals surface area contributed by atoms with Crippen LogP contribution >= 0.6 is 0 Å². The largest absolute Gasteiger partial charge is 0.343 e. The number of amides is 1. The average Bonchev–Trinajstić information content (AvgIpc) is 2.51. The highest BCUT2D eigenvalue weighted by molar-refractivity contribution is 5.84. The van der Waals surface area contributed by atoms with Crippen molar-refractivity contribution >= 4 is 5.91 Å². The second-order valence-corrected chi connectivity index (χ2v) is 5.80. The minimum Gasteiger partial charge on any atom is -0.343 e. The second kappa shape index (κ2) is 7.47. The molecule has 0 N–H and O–H groups in total.